The van der Waals surface area contributed by atoms with Crippen molar-refractivity contribution in [2.75, 3.05) is 5.32 Å². The Hall–Kier alpha value is -3.34. The first-order valence-electron chi connectivity index (χ1n) is 5.92. The zero-order chi connectivity index (χ0) is 15.9. The third-order valence-corrected chi connectivity index (χ3v) is 2.81. The first-order chi connectivity index (χ1) is 10.7. The highest BCUT2D eigenvalue weighted by Crippen LogP contribution is 2.20. The molecule has 7 nitrogen and oxygen atoms in total. The number of hydrogen-bond acceptors (Lipinski definition) is 7. The predicted molar refractivity (Wildman–Crippen MR) is 76.8 cm³/mol. The minimum absolute atomic E-state index is 0.110. The van der Waals surface area contributed by atoms with Crippen LogP contribution in [0, 0.1) is 34.0 Å². The van der Waals surface area contributed by atoms with E-state index in [1.165, 1.54) is 0 Å². The molecule has 0 amide bonds. The van der Waals surface area contributed by atoms with Gasteiger partial charge in [0.05, 0.1) is 0 Å². The molecule has 0 saturated heterocycles. The minimum Gasteiger partial charge on any atom is -0.345 e. The molecule has 1 aromatic carbocycles. The Bertz CT molecular complexity index is 816. The van der Waals surface area contributed by atoms with E-state index >= 15 is 0 Å². The summed E-state index contributed by atoms with van der Waals surface area (Å²) in [5.74, 6) is 0.850. The molecule has 0 radical (unpaired) electrons. The molecular formula is C14H7ClN6O. The molecule has 0 unspecified atom stereocenters. The van der Waals surface area contributed by atoms with Crippen molar-refractivity contribution in [3.05, 3.63) is 41.4 Å². The van der Waals surface area contributed by atoms with Crippen LogP contribution in [0.3, 0.4) is 0 Å². The van der Waals surface area contributed by atoms with Crippen LogP contribution in [0.15, 0.2) is 40.1 Å². The summed E-state index contributed by atoms with van der Waals surface area (Å²) in [5.41, 5.74) is 0.858. The van der Waals surface area contributed by atoms with E-state index in [4.69, 9.17) is 31.9 Å². The summed E-state index contributed by atoms with van der Waals surface area (Å²) in [6.07, 6.45) is 0. The van der Waals surface area contributed by atoms with Gasteiger partial charge in [-0.15, -0.1) is 11.6 Å². The fourth-order valence-corrected chi connectivity index (χ4v) is 1.67. The van der Waals surface area contributed by atoms with Crippen molar-refractivity contribution in [1.29, 1.82) is 15.8 Å². The van der Waals surface area contributed by atoms with Crippen LogP contribution < -0.4 is 5.32 Å². The van der Waals surface area contributed by atoms with Gasteiger partial charge in [-0.25, -0.2) is 0 Å². The molecule has 1 heterocycles. The lowest BCUT2D eigenvalue weighted by atomic mass is 10.2. The first kappa shape index (κ1) is 15.1. The van der Waals surface area contributed by atoms with Crippen LogP contribution in [0.1, 0.15) is 5.89 Å². The predicted octanol–water partition coefficient (Wildman–Crippen LogP) is 2.71. The van der Waals surface area contributed by atoms with Gasteiger partial charge in [0, 0.05) is 11.3 Å². The number of hydrogen-bond donors (Lipinski definition) is 1. The number of nitrogens with one attached hydrogen (secondary N) is 1. The highest BCUT2D eigenvalue weighted by Gasteiger charge is 2.09. The summed E-state index contributed by atoms with van der Waals surface area (Å²) in [6.45, 7) is 0. The Morgan fingerprint density at radius 1 is 1.14 bits per heavy atom. The summed E-state index contributed by atoms with van der Waals surface area (Å²) in [5, 5.41) is 33.0. The SMILES string of the molecule is N#CC(C#N)=C(C#N)Nc1ccc(-c2noc(CCl)n2)cc1. The van der Waals surface area contributed by atoms with E-state index in [9.17, 15) is 0 Å². The van der Waals surface area contributed by atoms with E-state index < -0.39 is 0 Å². The van der Waals surface area contributed by atoms with Gasteiger partial charge in [-0.2, -0.15) is 20.8 Å². The highest BCUT2D eigenvalue weighted by molar-refractivity contribution is 6.16. The molecule has 0 saturated carbocycles. The van der Waals surface area contributed by atoms with Crippen molar-refractivity contribution in [2.45, 2.75) is 5.88 Å². The molecule has 0 bridgehead atoms. The average Bonchev–Trinajstić information content (AvgIpc) is 3.04. The topological polar surface area (TPSA) is 122 Å². The largest absolute Gasteiger partial charge is 0.345 e. The van der Waals surface area contributed by atoms with Gasteiger partial charge < -0.3 is 9.84 Å². The van der Waals surface area contributed by atoms with E-state index in [1.54, 1.807) is 42.5 Å². The second kappa shape index (κ2) is 6.90. The molecule has 0 spiro atoms. The van der Waals surface area contributed by atoms with Crippen LogP contribution in [-0.2, 0) is 5.88 Å². The normalized spacial score (nSPS) is 9.18. The molecule has 0 atom stereocenters. The lowest BCUT2D eigenvalue weighted by molar-refractivity contribution is 0.391. The molecule has 0 aliphatic rings. The van der Waals surface area contributed by atoms with Crippen LogP contribution in [0.4, 0.5) is 5.69 Å². The van der Waals surface area contributed by atoms with Gasteiger partial charge in [0.25, 0.3) is 0 Å². The van der Waals surface area contributed by atoms with Crippen LogP contribution in [0.5, 0.6) is 0 Å². The van der Waals surface area contributed by atoms with E-state index in [2.05, 4.69) is 15.5 Å². The highest BCUT2D eigenvalue weighted by atomic mass is 35.5. The van der Waals surface area contributed by atoms with Gasteiger partial charge in [0.2, 0.25) is 11.7 Å². The molecule has 0 aliphatic heterocycles. The minimum atomic E-state index is -0.281. The zero-order valence-corrected chi connectivity index (χ0v) is 11.8. The molecule has 106 valence electrons. The number of benzene rings is 1. The van der Waals surface area contributed by atoms with E-state index in [1.807, 2.05) is 0 Å². The summed E-state index contributed by atoms with van der Waals surface area (Å²) >= 11 is 5.59. The molecule has 0 fully saturated rings. The third kappa shape index (κ3) is 3.21. The summed E-state index contributed by atoms with van der Waals surface area (Å²) < 4.78 is 4.91. The number of nitriles is 3. The van der Waals surface area contributed by atoms with Crippen molar-refractivity contribution in [3.8, 4) is 29.6 Å². The van der Waals surface area contributed by atoms with Crippen LogP contribution in [-0.4, -0.2) is 10.1 Å². The Kier molecular flexibility index (Phi) is 4.72. The monoisotopic (exact) mass is 310 g/mol. The van der Waals surface area contributed by atoms with E-state index in [0.29, 0.717) is 23.0 Å². The molecule has 22 heavy (non-hydrogen) atoms. The van der Waals surface area contributed by atoms with Gasteiger partial charge in [-0.3, -0.25) is 0 Å². The summed E-state index contributed by atoms with van der Waals surface area (Å²) in [6, 6.07) is 11.8. The lowest BCUT2D eigenvalue weighted by Gasteiger charge is -2.04. The average molecular weight is 311 g/mol. The second-order valence-corrected chi connectivity index (χ2v) is 4.20. The number of alkyl halides is 1. The molecule has 2 rings (SSSR count). The molecular weight excluding hydrogens is 304 g/mol. The van der Waals surface area contributed by atoms with Gasteiger partial charge in [0.15, 0.2) is 5.57 Å². The summed E-state index contributed by atoms with van der Waals surface area (Å²) in [7, 11) is 0. The lowest BCUT2D eigenvalue weighted by Crippen LogP contribution is -2.00. The summed E-state index contributed by atoms with van der Waals surface area (Å²) in [4.78, 5) is 4.08. The van der Waals surface area contributed by atoms with Gasteiger partial charge in [0.1, 0.15) is 29.8 Å². The van der Waals surface area contributed by atoms with Crippen molar-refractivity contribution in [2.24, 2.45) is 0 Å². The maximum atomic E-state index is 8.96. The smallest absolute Gasteiger partial charge is 0.241 e. The maximum Gasteiger partial charge on any atom is 0.241 e. The zero-order valence-electron chi connectivity index (χ0n) is 11.0. The van der Waals surface area contributed by atoms with Crippen molar-refractivity contribution < 1.29 is 4.52 Å². The fourth-order valence-electron chi connectivity index (χ4n) is 1.56. The first-order valence-corrected chi connectivity index (χ1v) is 6.46. The van der Waals surface area contributed by atoms with Crippen molar-refractivity contribution in [1.82, 2.24) is 10.1 Å². The van der Waals surface area contributed by atoms with E-state index in [-0.39, 0.29) is 17.2 Å². The second-order valence-electron chi connectivity index (χ2n) is 3.93. The number of halogens is 1. The number of nitrogens with zero attached hydrogens (tertiary/aromatic N) is 5. The molecule has 1 N–H and O–H groups in total. The number of rotatable bonds is 4. The third-order valence-electron chi connectivity index (χ3n) is 2.58. The fraction of sp³-hybridized carbons (Fsp3) is 0.0714. The standard InChI is InChI=1S/C14H7ClN6O/c15-5-13-20-14(21-22-13)9-1-3-11(4-2-9)19-12(8-18)10(6-16)7-17/h1-4,19H,5H2. The van der Waals surface area contributed by atoms with Crippen molar-refractivity contribution in [3.63, 3.8) is 0 Å². The molecule has 8 heteroatoms. The Morgan fingerprint density at radius 3 is 2.32 bits per heavy atom. The molecule has 1 aromatic heterocycles. The van der Waals surface area contributed by atoms with Crippen LogP contribution >= 0.6 is 11.6 Å². The maximum absolute atomic E-state index is 8.96. The number of anilines is 1. The Morgan fingerprint density at radius 2 is 1.82 bits per heavy atom. The number of allylic oxidation sites excluding steroid dienone is 2. The van der Waals surface area contributed by atoms with Crippen molar-refractivity contribution >= 4 is 17.3 Å². The number of aromatic nitrogens is 2. The van der Waals surface area contributed by atoms with Gasteiger partial charge >= 0.3 is 0 Å². The van der Waals surface area contributed by atoms with Gasteiger partial charge in [-0.1, -0.05) is 5.16 Å². The Balaban J connectivity index is 2.23. The van der Waals surface area contributed by atoms with Crippen LogP contribution in [0.25, 0.3) is 11.4 Å². The van der Waals surface area contributed by atoms with E-state index in [0.717, 1.165) is 0 Å². The molecule has 2 aromatic rings. The quantitative estimate of drug-likeness (QED) is 0.680. The Labute approximate surface area is 130 Å². The molecule has 0 aliphatic carbocycles. The van der Waals surface area contributed by atoms with Crippen LogP contribution in [0.2, 0.25) is 0 Å². The van der Waals surface area contributed by atoms with Gasteiger partial charge in [-0.05, 0) is 24.3 Å².